The van der Waals surface area contributed by atoms with E-state index >= 15 is 0 Å². The molecule has 20 heavy (non-hydrogen) atoms. The highest BCUT2D eigenvalue weighted by molar-refractivity contribution is 9.10. The molecule has 0 amide bonds. The quantitative estimate of drug-likeness (QED) is 0.812. The normalized spacial score (nSPS) is 10.3. The van der Waals surface area contributed by atoms with E-state index in [0.29, 0.717) is 22.3 Å². The van der Waals surface area contributed by atoms with Crippen molar-refractivity contribution in [3.05, 3.63) is 63.4 Å². The SMILES string of the molecule is Cc1cccc(CNc2ccc(C(N)=S)c(Br)c2F)c1. The zero-order valence-corrected chi connectivity index (χ0v) is 13.3. The van der Waals surface area contributed by atoms with E-state index in [1.807, 2.05) is 25.1 Å². The summed E-state index contributed by atoms with van der Waals surface area (Å²) in [5, 5.41) is 3.07. The maximum Gasteiger partial charge on any atom is 0.161 e. The molecule has 3 N–H and O–H groups in total. The minimum Gasteiger partial charge on any atom is -0.389 e. The first kappa shape index (κ1) is 14.9. The average molecular weight is 353 g/mol. The van der Waals surface area contributed by atoms with Gasteiger partial charge < -0.3 is 11.1 Å². The number of nitrogens with two attached hydrogens (primary N) is 1. The van der Waals surface area contributed by atoms with Crippen LogP contribution in [0.5, 0.6) is 0 Å². The Balaban J connectivity index is 2.18. The summed E-state index contributed by atoms with van der Waals surface area (Å²) >= 11 is 8.06. The number of hydrogen-bond acceptors (Lipinski definition) is 2. The molecule has 0 aromatic heterocycles. The van der Waals surface area contributed by atoms with Gasteiger partial charge in [0, 0.05) is 12.1 Å². The molecule has 5 heteroatoms. The van der Waals surface area contributed by atoms with Crippen LogP contribution in [0.1, 0.15) is 16.7 Å². The lowest BCUT2D eigenvalue weighted by Crippen LogP contribution is -2.12. The molecule has 0 bridgehead atoms. The molecule has 2 rings (SSSR count). The third-order valence-electron chi connectivity index (χ3n) is 2.91. The van der Waals surface area contributed by atoms with Crippen LogP contribution >= 0.6 is 28.1 Å². The second kappa shape index (κ2) is 6.33. The first-order valence-corrected chi connectivity index (χ1v) is 7.26. The zero-order chi connectivity index (χ0) is 14.7. The molecule has 0 fully saturated rings. The molecule has 2 nitrogen and oxygen atoms in total. The molecule has 0 atom stereocenters. The molecule has 0 saturated carbocycles. The van der Waals surface area contributed by atoms with Crippen LogP contribution < -0.4 is 11.1 Å². The van der Waals surface area contributed by atoms with E-state index < -0.39 is 0 Å². The molecule has 0 aliphatic heterocycles. The van der Waals surface area contributed by atoms with Gasteiger partial charge in [-0.1, -0.05) is 42.0 Å². The van der Waals surface area contributed by atoms with Crippen molar-refractivity contribution in [2.24, 2.45) is 5.73 Å². The van der Waals surface area contributed by atoms with Crippen molar-refractivity contribution in [1.82, 2.24) is 0 Å². The fraction of sp³-hybridized carbons (Fsp3) is 0.133. The van der Waals surface area contributed by atoms with Crippen molar-refractivity contribution in [2.45, 2.75) is 13.5 Å². The highest BCUT2D eigenvalue weighted by atomic mass is 79.9. The van der Waals surface area contributed by atoms with Crippen molar-refractivity contribution in [3.8, 4) is 0 Å². The van der Waals surface area contributed by atoms with E-state index in [0.717, 1.165) is 5.56 Å². The van der Waals surface area contributed by atoms with Crippen LogP contribution in [0.15, 0.2) is 40.9 Å². The lowest BCUT2D eigenvalue weighted by molar-refractivity contribution is 0.623. The third-order valence-corrected chi connectivity index (χ3v) is 3.91. The van der Waals surface area contributed by atoms with Crippen LogP contribution in [0.25, 0.3) is 0 Å². The van der Waals surface area contributed by atoms with E-state index in [2.05, 4.69) is 27.3 Å². The summed E-state index contributed by atoms with van der Waals surface area (Å²) in [6, 6.07) is 11.4. The summed E-state index contributed by atoms with van der Waals surface area (Å²) in [5.74, 6) is -0.386. The molecule has 0 radical (unpaired) electrons. The fourth-order valence-corrected chi connectivity index (χ4v) is 2.76. The van der Waals surface area contributed by atoms with Crippen molar-refractivity contribution < 1.29 is 4.39 Å². The standard InChI is InChI=1S/C15H14BrFN2S/c1-9-3-2-4-10(7-9)8-19-12-6-5-11(15(18)20)13(16)14(12)17/h2-7,19H,8H2,1H3,(H2,18,20). The molecule has 0 aliphatic carbocycles. The van der Waals surface area contributed by atoms with Gasteiger partial charge in [-0.05, 0) is 40.5 Å². The summed E-state index contributed by atoms with van der Waals surface area (Å²) in [5.41, 5.74) is 8.72. The number of aryl methyl sites for hydroxylation is 1. The van der Waals surface area contributed by atoms with Crippen LogP contribution in [0.3, 0.4) is 0 Å². The van der Waals surface area contributed by atoms with Gasteiger partial charge in [0.25, 0.3) is 0 Å². The van der Waals surface area contributed by atoms with E-state index in [1.54, 1.807) is 12.1 Å². The van der Waals surface area contributed by atoms with E-state index in [9.17, 15) is 4.39 Å². The monoisotopic (exact) mass is 352 g/mol. The molecular formula is C15H14BrFN2S. The third kappa shape index (κ3) is 3.35. The predicted octanol–water partition coefficient (Wildman–Crippen LogP) is 4.14. The fourth-order valence-electron chi connectivity index (χ4n) is 1.90. The van der Waals surface area contributed by atoms with Gasteiger partial charge >= 0.3 is 0 Å². The maximum absolute atomic E-state index is 14.2. The molecule has 2 aromatic carbocycles. The first-order valence-electron chi connectivity index (χ1n) is 6.06. The topological polar surface area (TPSA) is 38.0 Å². The number of hydrogen-bond donors (Lipinski definition) is 2. The highest BCUT2D eigenvalue weighted by Crippen LogP contribution is 2.27. The molecule has 0 unspecified atom stereocenters. The van der Waals surface area contributed by atoms with Gasteiger partial charge in [0.05, 0.1) is 10.2 Å². The number of benzene rings is 2. The Labute approximate surface area is 131 Å². The Kier molecular flexibility index (Phi) is 4.73. The van der Waals surface area contributed by atoms with Crippen molar-refractivity contribution in [3.63, 3.8) is 0 Å². The number of rotatable bonds is 4. The zero-order valence-electron chi connectivity index (χ0n) is 10.9. The van der Waals surface area contributed by atoms with Gasteiger partial charge in [-0.15, -0.1) is 0 Å². The number of halogens is 2. The molecule has 2 aromatic rings. The molecule has 0 spiro atoms. The van der Waals surface area contributed by atoms with Gasteiger partial charge in [-0.25, -0.2) is 4.39 Å². The Morgan fingerprint density at radius 1 is 1.35 bits per heavy atom. The molecule has 0 saturated heterocycles. The van der Waals surface area contributed by atoms with Gasteiger partial charge in [-0.2, -0.15) is 0 Å². The Bertz CT molecular complexity index is 658. The number of anilines is 1. The molecule has 104 valence electrons. The van der Waals surface area contributed by atoms with E-state index in [-0.39, 0.29) is 10.8 Å². The minimum atomic E-state index is -0.386. The van der Waals surface area contributed by atoms with Gasteiger partial charge in [0.15, 0.2) is 5.82 Å². The Hall–Kier alpha value is -1.46. The van der Waals surface area contributed by atoms with Crippen molar-refractivity contribution in [1.29, 1.82) is 0 Å². The van der Waals surface area contributed by atoms with Crippen LogP contribution in [0.4, 0.5) is 10.1 Å². The summed E-state index contributed by atoms with van der Waals surface area (Å²) in [7, 11) is 0. The van der Waals surface area contributed by atoms with Crippen LogP contribution in [0.2, 0.25) is 0 Å². The lowest BCUT2D eigenvalue weighted by Gasteiger charge is -2.11. The van der Waals surface area contributed by atoms with E-state index in [1.165, 1.54) is 5.56 Å². The van der Waals surface area contributed by atoms with E-state index in [4.69, 9.17) is 18.0 Å². The number of thiocarbonyl (C=S) groups is 1. The summed E-state index contributed by atoms with van der Waals surface area (Å²) in [6.45, 7) is 2.58. The van der Waals surface area contributed by atoms with Gasteiger partial charge in [-0.3, -0.25) is 0 Å². The van der Waals surface area contributed by atoms with Gasteiger partial charge in [0.2, 0.25) is 0 Å². The summed E-state index contributed by atoms with van der Waals surface area (Å²) in [6.07, 6.45) is 0. The average Bonchev–Trinajstić information content (AvgIpc) is 2.40. The summed E-state index contributed by atoms with van der Waals surface area (Å²) in [4.78, 5) is 0.168. The van der Waals surface area contributed by atoms with Crippen LogP contribution in [0, 0.1) is 12.7 Å². The Morgan fingerprint density at radius 3 is 2.75 bits per heavy atom. The van der Waals surface area contributed by atoms with Crippen molar-refractivity contribution in [2.75, 3.05) is 5.32 Å². The Morgan fingerprint density at radius 2 is 2.10 bits per heavy atom. The molecule has 0 heterocycles. The van der Waals surface area contributed by atoms with Crippen molar-refractivity contribution >= 4 is 38.8 Å². The second-order valence-corrected chi connectivity index (χ2v) is 5.73. The molecular weight excluding hydrogens is 339 g/mol. The largest absolute Gasteiger partial charge is 0.389 e. The van der Waals surface area contributed by atoms with Crippen LogP contribution in [-0.2, 0) is 6.54 Å². The predicted molar refractivity (Wildman–Crippen MR) is 88.5 cm³/mol. The smallest absolute Gasteiger partial charge is 0.161 e. The molecule has 0 aliphatic rings. The van der Waals surface area contributed by atoms with Gasteiger partial charge in [0.1, 0.15) is 4.99 Å². The highest BCUT2D eigenvalue weighted by Gasteiger charge is 2.12. The maximum atomic E-state index is 14.2. The van der Waals surface area contributed by atoms with Crippen LogP contribution in [-0.4, -0.2) is 4.99 Å². The first-order chi connectivity index (χ1) is 9.49. The lowest BCUT2D eigenvalue weighted by atomic mass is 10.1. The number of nitrogens with one attached hydrogen (secondary N) is 1. The minimum absolute atomic E-state index is 0.168. The second-order valence-electron chi connectivity index (χ2n) is 4.50. The summed E-state index contributed by atoms with van der Waals surface area (Å²) < 4.78 is 14.5.